The molecule has 26 heavy (non-hydrogen) atoms. The van der Waals surface area contributed by atoms with Crippen molar-refractivity contribution in [1.82, 2.24) is 15.1 Å². The number of hydrogen-bond acceptors (Lipinski definition) is 4. The van der Waals surface area contributed by atoms with E-state index in [2.05, 4.69) is 10.2 Å². The van der Waals surface area contributed by atoms with Crippen LogP contribution in [0.2, 0.25) is 0 Å². The van der Waals surface area contributed by atoms with Crippen molar-refractivity contribution in [3.63, 3.8) is 0 Å². The Morgan fingerprint density at radius 1 is 1.19 bits per heavy atom. The van der Waals surface area contributed by atoms with Crippen LogP contribution in [-0.2, 0) is 9.53 Å². The third-order valence-electron chi connectivity index (χ3n) is 6.88. The Morgan fingerprint density at radius 2 is 1.81 bits per heavy atom. The quantitative estimate of drug-likeness (QED) is 0.686. The van der Waals surface area contributed by atoms with E-state index in [4.69, 9.17) is 4.74 Å². The lowest BCUT2D eigenvalue weighted by Crippen LogP contribution is -2.55. The van der Waals surface area contributed by atoms with E-state index in [0.717, 1.165) is 58.2 Å². The summed E-state index contributed by atoms with van der Waals surface area (Å²) in [7, 11) is 3.87. The minimum absolute atomic E-state index is 0.128. The number of nitrogens with zero attached hydrogens (tertiary/aromatic N) is 2. The third-order valence-corrected chi connectivity index (χ3v) is 6.88. The molecule has 4 fully saturated rings. The summed E-state index contributed by atoms with van der Waals surface area (Å²) in [6.45, 7) is 4.98. The number of carbonyl (C=O) groups excluding carboxylic acids is 2. The van der Waals surface area contributed by atoms with Gasteiger partial charge in [0.1, 0.15) is 15.7 Å². The standard InChI is InChI=1S/C18H31B2N3O3/c1-17(19,20)26-16(25)23-12-2-3-13(23)9-14(8-12)22-6-4-18(5-7-22)10-15(24)21-11-18/h12-14H,2-11,19-20H2,1H3,(H,21,24). The number of rotatable bonds is 2. The fraction of sp³-hybridized carbons (Fsp3) is 0.889. The van der Waals surface area contributed by atoms with Crippen LogP contribution in [-0.4, -0.2) is 80.7 Å². The zero-order chi connectivity index (χ0) is 18.5. The van der Waals surface area contributed by atoms with Crippen molar-refractivity contribution in [2.75, 3.05) is 19.6 Å². The first kappa shape index (κ1) is 18.2. The second-order valence-corrected chi connectivity index (χ2v) is 9.89. The van der Waals surface area contributed by atoms with Crippen molar-refractivity contribution in [1.29, 1.82) is 0 Å². The van der Waals surface area contributed by atoms with E-state index >= 15 is 0 Å². The predicted octanol–water partition coefficient (Wildman–Crippen LogP) is -0.340. The number of likely N-dealkylation sites (tertiary alicyclic amines) is 1. The van der Waals surface area contributed by atoms with Crippen molar-refractivity contribution in [2.45, 2.75) is 75.4 Å². The number of amides is 2. The zero-order valence-corrected chi connectivity index (χ0v) is 16.4. The Hall–Kier alpha value is -1.17. The summed E-state index contributed by atoms with van der Waals surface area (Å²) >= 11 is 0. The average molecular weight is 359 g/mol. The molecule has 2 unspecified atom stereocenters. The summed E-state index contributed by atoms with van der Waals surface area (Å²) < 4.78 is 5.65. The minimum Gasteiger partial charge on any atom is -0.462 e. The lowest BCUT2D eigenvalue weighted by Gasteiger charge is -2.47. The van der Waals surface area contributed by atoms with Gasteiger partial charge in [-0.3, -0.25) is 4.79 Å². The van der Waals surface area contributed by atoms with Crippen LogP contribution in [0.1, 0.15) is 51.9 Å². The number of piperidine rings is 2. The van der Waals surface area contributed by atoms with E-state index in [9.17, 15) is 9.59 Å². The highest BCUT2D eigenvalue weighted by atomic mass is 16.6. The Bertz CT molecular complexity index is 573. The van der Waals surface area contributed by atoms with Gasteiger partial charge in [-0.1, -0.05) is 0 Å². The van der Waals surface area contributed by atoms with Crippen molar-refractivity contribution < 1.29 is 14.3 Å². The van der Waals surface area contributed by atoms with Crippen LogP contribution in [0.15, 0.2) is 0 Å². The topological polar surface area (TPSA) is 61.9 Å². The molecule has 0 saturated carbocycles. The third kappa shape index (κ3) is 3.49. The molecule has 4 rings (SSSR count). The Balaban J connectivity index is 1.35. The van der Waals surface area contributed by atoms with Crippen LogP contribution in [0, 0.1) is 5.41 Å². The Kier molecular flexibility index (Phi) is 4.53. The normalized spacial score (nSPS) is 34.1. The van der Waals surface area contributed by atoms with E-state index in [-0.39, 0.29) is 17.4 Å². The maximum atomic E-state index is 12.6. The smallest absolute Gasteiger partial charge is 0.409 e. The molecular formula is C18H31B2N3O3. The van der Waals surface area contributed by atoms with Crippen LogP contribution in [0.25, 0.3) is 0 Å². The van der Waals surface area contributed by atoms with Crippen LogP contribution >= 0.6 is 0 Å². The molecule has 142 valence electrons. The molecule has 2 bridgehead atoms. The molecule has 4 aliphatic heterocycles. The van der Waals surface area contributed by atoms with Gasteiger partial charge in [0, 0.05) is 36.5 Å². The van der Waals surface area contributed by atoms with Crippen LogP contribution in [0.5, 0.6) is 0 Å². The molecule has 1 spiro atoms. The summed E-state index contributed by atoms with van der Waals surface area (Å²) in [5, 5.41) is 2.59. The average Bonchev–Trinajstić information content (AvgIpc) is 3.04. The van der Waals surface area contributed by atoms with Gasteiger partial charge < -0.3 is 19.9 Å². The number of fused-ring (bicyclic) bond motifs is 2. The lowest BCUT2D eigenvalue weighted by molar-refractivity contribution is -0.119. The molecule has 0 radical (unpaired) electrons. The maximum absolute atomic E-state index is 12.6. The van der Waals surface area contributed by atoms with Crippen LogP contribution in [0.4, 0.5) is 4.79 Å². The molecule has 0 aromatic heterocycles. The molecule has 0 aliphatic carbocycles. The van der Waals surface area contributed by atoms with Crippen molar-refractivity contribution in [2.24, 2.45) is 5.41 Å². The maximum Gasteiger partial charge on any atom is 0.409 e. The monoisotopic (exact) mass is 359 g/mol. The van der Waals surface area contributed by atoms with Gasteiger partial charge in [0.2, 0.25) is 5.91 Å². The summed E-state index contributed by atoms with van der Waals surface area (Å²) in [6, 6.07) is 1.24. The minimum atomic E-state index is -0.429. The van der Waals surface area contributed by atoms with E-state index < -0.39 is 5.40 Å². The fourth-order valence-corrected chi connectivity index (χ4v) is 5.53. The Labute approximate surface area is 158 Å². The van der Waals surface area contributed by atoms with Crippen molar-refractivity contribution in [3.05, 3.63) is 0 Å². The summed E-state index contributed by atoms with van der Waals surface area (Å²) in [5.41, 5.74) is 0.212. The van der Waals surface area contributed by atoms with Gasteiger partial charge in [0.15, 0.2) is 0 Å². The van der Waals surface area contributed by atoms with Crippen molar-refractivity contribution >= 4 is 27.7 Å². The van der Waals surface area contributed by atoms with Gasteiger partial charge in [-0.2, -0.15) is 0 Å². The van der Waals surface area contributed by atoms with Gasteiger partial charge >= 0.3 is 6.09 Å². The Morgan fingerprint density at radius 3 is 2.31 bits per heavy atom. The SMILES string of the molecule is BC(B)(C)OC(=O)N1C2CCC1CC(N1CCC3(CC1)CNC(=O)C3)C2. The van der Waals surface area contributed by atoms with Gasteiger partial charge in [-0.25, -0.2) is 4.79 Å². The largest absolute Gasteiger partial charge is 0.462 e. The van der Waals surface area contributed by atoms with E-state index in [0.29, 0.717) is 24.5 Å². The van der Waals surface area contributed by atoms with E-state index in [1.54, 1.807) is 0 Å². The van der Waals surface area contributed by atoms with Gasteiger partial charge in [0.25, 0.3) is 0 Å². The molecule has 8 heteroatoms. The van der Waals surface area contributed by atoms with Gasteiger partial charge in [-0.15, -0.1) is 0 Å². The first-order chi connectivity index (χ1) is 12.2. The first-order valence-electron chi connectivity index (χ1n) is 10.3. The lowest BCUT2D eigenvalue weighted by atomic mass is 9.67. The number of carbonyl (C=O) groups is 2. The summed E-state index contributed by atoms with van der Waals surface area (Å²) in [4.78, 5) is 28.9. The molecule has 0 aromatic carbocycles. The van der Waals surface area contributed by atoms with E-state index in [1.807, 2.05) is 27.5 Å². The fourth-order valence-electron chi connectivity index (χ4n) is 5.53. The molecular weight excluding hydrogens is 328 g/mol. The van der Waals surface area contributed by atoms with E-state index in [1.165, 1.54) is 0 Å². The number of hydrogen-bond donors (Lipinski definition) is 1. The molecule has 4 aliphatic rings. The second kappa shape index (κ2) is 6.47. The molecule has 4 heterocycles. The predicted molar refractivity (Wildman–Crippen MR) is 105 cm³/mol. The zero-order valence-electron chi connectivity index (χ0n) is 16.4. The summed E-state index contributed by atoms with van der Waals surface area (Å²) in [6.07, 6.45) is 7.17. The highest BCUT2D eigenvalue weighted by Gasteiger charge is 2.48. The first-order valence-corrected chi connectivity index (χ1v) is 10.3. The molecule has 4 saturated heterocycles. The highest BCUT2D eigenvalue weighted by molar-refractivity contribution is 6.39. The van der Waals surface area contributed by atoms with Crippen LogP contribution < -0.4 is 5.32 Å². The summed E-state index contributed by atoms with van der Waals surface area (Å²) in [5.74, 6) is 0.224. The molecule has 1 N–H and O–H groups in total. The number of ether oxygens (including phenoxy) is 1. The second-order valence-electron chi connectivity index (χ2n) is 9.89. The molecule has 2 amide bonds. The molecule has 6 nitrogen and oxygen atoms in total. The number of nitrogens with one attached hydrogen (secondary N) is 1. The van der Waals surface area contributed by atoms with Gasteiger partial charge in [-0.05, 0) is 64.0 Å². The van der Waals surface area contributed by atoms with Crippen LogP contribution in [0.3, 0.4) is 0 Å². The van der Waals surface area contributed by atoms with Crippen molar-refractivity contribution in [3.8, 4) is 0 Å². The molecule has 0 aromatic rings. The van der Waals surface area contributed by atoms with Gasteiger partial charge in [0.05, 0.1) is 0 Å². The highest BCUT2D eigenvalue weighted by Crippen LogP contribution is 2.42. The molecule has 2 atom stereocenters.